The van der Waals surface area contributed by atoms with Crippen molar-refractivity contribution in [1.29, 1.82) is 0 Å². The Balaban J connectivity index is 2.45. The largest absolute Gasteiger partial charge is 0.0752 e. The van der Waals surface area contributed by atoms with Crippen molar-refractivity contribution in [3.05, 3.63) is 50.9 Å². The van der Waals surface area contributed by atoms with Gasteiger partial charge in [0.05, 0.1) is 0 Å². The molecular weight excluding hydrogens is 304 g/mol. The molecular formula is C12H10Br2. The van der Waals surface area contributed by atoms with E-state index in [1.807, 2.05) is 6.07 Å². The van der Waals surface area contributed by atoms with E-state index in [1.54, 1.807) is 0 Å². The summed E-state index contributed by atoms with van der Waals surface area (Å²) in [5.41, 5.74) is 2.55. The van der Waals surface area contributed by atoms with Crippen LogP contribution >= 0.6 is 31.9 Å². The molecule has 0 aliphatic heterocycles. The van der Waals surface area contributed by atoms with Crippen molar-refractivity contribution in [3.63, 3.8) is 0 Å². The number of halogens is 2. The zero-order chi connectivity index (χ0) is 9.97. The molecule has 0 radical (unpaired) electrons. The predicted molar refractivity (Wildman–Crippen MR) is 68.4 cm³/mol. The minimum Gasteiger partial charge on any atom is -0.0752 e. The molecule has 1 aromatic rings. The normalized spacial score (nSPS) is 16.1. The maximum Gasteiger partial charge on any atom is 0.0254 e. The van der Waals surface area contributed by atoms with Gasteiger partial charge in [0.15, 0.2) is 0 Å². The van der Waals surface area contributed by atoms with E-state index in [1.165, 1.54) is 15.6 Å². The molecule has 0 saturated heterocycles. The van der Waals surface area contributed by atoms with E-state index in [0.717, 1.165) is 17.3 Å². The van der Waals surface area contributed by atoms with E-state index in [2.05, 4.69) is 62.2 Å². The highest BCUT2D eigenvalue weighted by molar-refractivity contribution is 9.12. The van der Waals surface area contributed by atoms with Gasteiger partial charge in [0.2, 0.25) is 0 Å². The molecule has 0 spiro atoms. The maximum atomic E-state index is 3.60. The zero-order valence-electron chi connectivity index (χ0n) is 7.63. The van der Waals surface area contributed by atoms with Crippen molar-refractivity contribution >= 4 is 37.4 Å². The standard InChI is InChI=1S/C12H10Br2/c13-11-7-3-1-5-9(11)10-6-2-4-8-12(10)14/h1,3,5-8H,2,4H2. The summed E-state index contributed by atoms with van der Waals surface area (Å²) in [6.07, 6.45) is 6.78. The molecule has 0 atom stereocenters. The van der Waals surface area contributed by atoms with Gasteiger partial charge in [0.25, 0.3) is 0 Å². The van der Waals surface area contributed by atoms with Crippen molar-refractivity contribution in [3.8, 4) is 0 Å². The quantitative estimate of drug-likeness (QED) is 0.691. The van der Waals surface area contributed by atoms with Gasteiger partial charge in [-0.2, -0.15) is 0 Å². The molecule has 1 aliphatic carbocycles. The molecule has 72 valence electrons. The van der Waals surface area contributed by atoms with E-state index < -0.39 is 0 Å². The second-order valence-electron chi connectivity index (χ2n) is 3.23. The van der Waals surface area contributed by atoms with E-state index in [4.69, 9.17) is 0 Å². The topological polar surface area (TPSA) is 0 Å². The van der Waals surface area contributed by atoms with Crippen LogP contribution in [0.25, 0.3) is 5.57 Å². The summed E-state index contributed by atoms with van der Waals surface area (Å²) in [6.45, 7) is 0. The molecule has 0 nitrogen and oxygen atoms in total. The van der Waals surface area contributed by atoms with Gasteiger partial charge in [-0.3, -0.25) is 0 Å². The van der Waals surface area contributed by atoms with Gasteiger partial charge in [0, 0.05) is 8.96 Å². The van der Waals surface area contributed by atoms with Crippen LogP contribution in [0.15, 0.2) is 45.4 Å². The third-order valence-corrected chi connectivity index (χ3v) is 3.70. The Labute approximate surface area is 101 Å². The minimum atomic E-state index is 1.13. The highest BCUT2D eigenvalue weighted by Crippen LogP contribution is 2.35. The molecule has 0 saturated carbocycles. The van der Waals surface area contributed by atoms with Crippen LogP contribution in [0.4, 0.5) is 0 Å². The van der Waals surface area contributed by atoms with Crippen LogP contribution in [0, 0.1) is 0 Å². The van der Waals surface area contributed by atoms with Crippen molar-refractivity contribution in [2.24, 2.45) is 0 Å². The molecule has 1 aliphatic rings. The predicted octanol–water partition coefficient (Wildman–Crippen LogP) is 4.91. The third-order valence-electron chi connectivity index (χ3n) is 2.26. The van der Waals surface area contributed by atoms with Crippen LogP contribution in [-0.4, -0.2) is 0 Å². The monoisotopic (exact) mass is 312 g/mol. The van der Waals surface area contributed by atoms with Gasteiger partial charge < -0.3 is 0 Å². The van der Waals surface area contributed by atoms with Crippen molar-refractivity contribution in [2.75, 3.05) is 0 Å². The molecule has 0 unspecified atom stereocenters. The molecule has 0 bridgehead atoms. The van der Waals surface area contributed by atoms with Gasteiger partial charge in [0.1, 0.15) is 0 Å². The SMILES string of the molecule is BrC1=CCCC=C1c1ccccc1Br. The second kappa shape index (κ2) is 4.45. The summed E-state index contributed by atoms with van der Waals surface area (Å²) in [7, 11) is 0. The first-order valence-electron chi connectivity index (χ1n) is 4.60. The lowest BCUT2D eigenvalue weighted by Crippen LogP contribution is -1.90. The Morgan fingerprint density at radius 3 is 2.36 bits per heavy atom. The average Bonchev–Trinajstić information content (AvgIpc) is 2.20. The number of hydrogen-bond donors (Lipinski definition) is 0. The summed E-state index contributed by atoms with van der Waals surface area (Å²) >= 11 is 7.17. The van der Waals surface area contributed by atoms with Gasteiger partial charge >= 0.3 is 0 Å². The number of hydrogen-bond acceptors (Lipinski definition) is 0. The highest BCUT2D eigenvalue weighted by atomic mass is 79.9. The van der Waals surface area contributed by atoms with Crippen LogP contribution in [0.1, 0.15) is 18.4 Å². The van der Waals surface area contributed by atoms with Gasteiger partial charge in [-0.15, -0.1) is 0 Å². The highest BCUT2D eigenvalue weighted by Gasteiger charge is 2.10. The van der Waals surface area contributed by atoms with Gasteiger partial charge in [-0.1, -0.05) is 62.2 Å². The van der Waals surface area contributed by atoms with Gasteiger partial charge in [-0.05, 0) is 30.0 Å². The fourth-order valence-electron chi connectivity index (χ4n) is 1.56. The summed E-state index contributed by atoms with van der Waals surface area (Å²) in [5, 5.41) is 0. The first kappa shape index (κ1) is 10.2. The summed E-state index contributed by atoms with van der Waals surface area (Å²) in [4.78, 5) is 0. The number of allylic oxidation sites excluding steroid dienone is 4. The lowest BCUT2D eigenvalue weighted by Gasteiger charge is -2.12. The van der Waals surface area contributed by atoms with E-state index in [-0.39, 0.29) is 0 Å². The summed E-state index contributed by atoms with van der Waals surface area (Å²) in [6, 6.07) is 8.31. The maximum absolute atomic E-state index is 3.60. The Morgan fingerprint density at radius 1 is 0.929 bits per heavy atom. The van der Waals surface area contributed by atoms with Crippen molar-refractivity contribution in [1.82, 2.24) is 0 Å². The Bertz CT molecular complexity index is 403. The first-order chi connectivity index (χ1) is 6.79. The van der Waals surface area contributed by atoms with Crippen LogP contribution in [-0.2, 0) is 0 Å². The minimum absolute atomic E-state index is 1.13. The van der Waals surface area contributed by atoms with Crippen molar-refractivity contribution in [2.45, 2.75) is 12.8 Å². The van der Waals surface area contributed by atoms with Gasteiger partial charge in [-0.25, -0.2) is 0 Å². The molecule has 0 N–H and O–H groups in total. The lowest BCUT2D eigenvalue weighted by molar-refractivity contribution is 1.04. The molecule has 1 aromatic carbocycles. The Hall–Kier alpha value is -0.340. The summed E-state index contributed by atoms with van der Waals surface area (Å²) < 4.78 is 2.36. The molecule has 0 fully saturated rings. The molecule has 2 rings (SSSR count). The number of rotatable bonds is 1. The Kier molecular flexibility index (Phi) is 3.24. The summed E-state index contributed by atoms with van der Waals surface area (Å²) in [5.74, 6) is 0. The van der Waals surface area contributed by atoms with E-state index in [9.17, 15) is 0 Å². The molecule has 0 heterocycles. The average molecular weight is 314 g/mol. The molecule has 2 heteroatoms. The van der Waals surface area contributed by atoms with Crippen LogP contribution < -0.4 is 0 Å². The van der Waals surface area contributed by atoms with Crippen molar-refractivity contribution < 1.29 is 0 Å². The molecule has 0 aromatic heterocycles. The van der Waals surface area contributed by atoms with Crippen LogP contribution in [0.2, 0.25) is 0 Å². The first-order valence-corrected chi connectivity index (χ1v) is 6.19. The molecule has 14 heavy (non-hydrogen) atoms. The van der Waals surface area contributed by atoms with E-state index >= 15 is 0 Å². The van der Waals surface area contributed by atoms with E-state index in [0.29, 0.717) is 0 Å². The third kappa shape index (κ3) is 2.01. The fraction of sp³-hybridized carbons (Fsp3) is 0.167. The van der Waals surface area contributed by atoms with Crippen LogP contribution in [0.5, 0.6) is 0 Å². The lowest BCUT2D eigenvalue weighted by atomic mass is 10.00. The molecule has 0 amide bonds. The fourth-order valence-corrected chi connectivity index (χ4v) is 2.67. The van der Waals surface area contributed by atoms with Crippen LogP contribution in [0.3, 0.4) is 0 Å². The smallest absolute Gasteiger partial charge is 0.0254 e. The number of benzene rings is 1. The Morgan fingerprint density at radius 2 is 1.64 bits per heavy atom. The zero-order valence-corrected chi connectivity index (χ0v) is 10.8. The second-order valence-corrected chi connectivity index (χ2v) is 4.94.